The molecule has 1 saturated heterocycles. The fraction of sp³-hybridized carbons (Fsp3) is 0.227. The smallest absolute Gasteiger partial charge is 0.268 e. The van der Waals surface area contributed by atoms with Crippen molar-refractivity contribution in [3.8, 4) is 11.1 Å². The van der Waals surface area contributed by atoms with E-state index in [0.717, 1.165) is 0 Å². The third-order valence-corrected chi connectivity index (χ3v) is 9.37. The van der Waals surface area contributed by atoms with E-state index >= 15 is 0 Å². The molecule has 0 spiro atoms. The summed E-state index contributed by atoms with van der Waals surface area (Å²) >= 11 is 1.18. The number of nitrogens with one attached hydrogen (secondary N) is 3. The zero-order valence-electron chi connectivity index (χ0n) is 20.2. The normalized spacial score (nSPS) is 17.4. The highest BCUT2D eigenvalue weighted by Gasteiger charge is 2.34. The number of carbonyl (C=O) groups excluding carboxylic acids is 1. The van der Waals surface area contributed by atoms with E-state index in [1.54, 1.807) is 24.3 Å². The van der Waals surface area contributed by atoms with Gasteiger partial charge in [0.15, 0.2) is 17.6 Å². The number of amidine groups is 1. The molecule has 3 heterocycles. The van der Waals surface area contributed by atoms with Gasteiger partial charge >= 0.3 is 0 Å². The van der Waals surface area contributed by atoms with Crippen molar-refractivity contribution in [2.45, 2.75) is 22.3 Å². The lowest BCUT2D eigenvalue weighted by molar-refractivity contribution is 0.0996. The number of hydrogen-bond donors (Lipinski definition) is 5. The summed E-state index contributed by atoms with van der Waals surface area (Å²) in [5.41, 5.74) is 6.70. The maximum atomic E-state index is 13.4. The molecule has 2 aliphatic rings. The maximum absolute atomic E-state index is 13.4. The standard InChI is InChI=1S/C22H23N9O5S3/c23-20(32)16-10-37-22(29-16)28-13-3-1-2-12(8-13)15-4-5-17(39(35,36)31-14-6-7-25-9-14)19(38(24,33)34)18(15)21-26-11-27-30-21/h1-5,8,10,14,25,31H,6-7,9,11H2,(H2,23,32)(H,28,29)(H2,24,33,34)/t14-/m1/s1. The number of nitrogens with two attached hydrogens (primary N) is 2. The summed E-state index contributed by atoms with van der Waals surface area (Å²) in [4.78, 5) is 18.6. The van der Waals surface area contributed by atoms with Gasteiger partial charge in [0.2, 0.25) is 20.0 Å². The van der Waals surface area contributed by atoms with E-state index in [0.29, 0.717) is 41.5 Å². The van der Waals surface area contributed by atoms with Gasteiger partial charge in [0.1, 0.15) is 15.5 Å². The molecule has 2 aliphatic heterocycles. The second-order valence-corrected chi connectivity index (χ2v) is 12.7. The number of azo groups is 1. The third-order valence-electron chi connectivity index (χ3n) is 5.93. The van der Waals surface area contributed by atoms with E-state index in [2.05, 4.69) is 35.6 Å². The molecule has 0 bridgehead atoms. The maximum Gasteiger partial charge on any atom is 0.268 e. The highest BCUT2D eigenvalue weighted by atomic mass is 32.2. The van der Waals surface area contributed by atoms with Crippen LogP contribution < -0.4 is 26.2 Å². The Morgan fingerprint density at radius 1 is 1.15 bits per heavy atom. The largest absolute Gasteiger partial charge is 0.364 e. The highest BCUT2D eigenvalue weighted by molar-refractivity contribution is 7.92. The first-order chi connectivity index (χ1) is 18.5. The Labute approximate surface area is 227 Å². The number of carbonyl (C=O) groups is 1. The SMILES string of the molecule is NC(=O)c1csc(Nc2cccc(-c3ccc(S(=O)(=O)N[C@@H]4CCNC4)c(S(N)(=O)=O)c3C3=NCN=N3)c2)n1. The molecule has 5 rings (SSSR count). The first-order valence-corrected chi connectivity index (χ1v) is 15.4. The van der Waals surface area contributed by atoms with E-state index in [4.69, 9.17) is 10.9 Å². The van der Waals surface area contributed by atoms with Crippen molar-refractivity contribution in [1.82, 2.24) is 15.0 Å². The molecule has 3 aromatic rings. The Morgan fingerprint density at radius 3 is 2.62 bits per heavy atom. The molecule has 1 aromatic heterocycles. The number of hydrogen-bond acceptors (Lipinski definition) is 12. The lowest BCUT2D eigenvalue weighted by Crippen LogP contribution is -2.37. The number of aliphatic imine (C=N–C) groups is 1. The van der Waals surface area contributed by atoms with Crippen LogP contribution in [0.3, 0.4) is 0 Å². The number of primary sulfonamides is 1. The molecule has 1 fully saturated rings. The lowest BCUT2D eigenvalue weighted by Gasteiger charge is -2.19. The second-order valence-electron chi connectivity index (χ2n) is 8.64. The molecule has 2 aromatic carbocycles. The summed E-state index contributed by atoms with van der Waals surface area (Å²) in [6, 6.07) is 9.12. The van der Waals surface area contributed by atoms with Crippen molar-refractivity contribution in [3.63, 3.8) is 0 Å². The van der Waals surface area contributed by atoms with Crippen molar-refractivity contribution in [2.75, 3.05) is 25.1 Å². The third kappa shape index (κ3) is 5.72. The Bertz CT molecular complexity index is 1730. The predicted molar refractivity (Wildman–Crippen MR) is 145 cm³/mol. The van der Waals surface area contributed by atoms with Crippen molar-refractivity contribution >= 4 is 53.9 Å². The predicted octanol–water partition coefficient (Wildman–Crippen LogP) is 1.11. The molecule has 39 heavy (non-hydrogen) atoms. The van der Waals surface area contributed by atoms with Crippen LogP contribution in [0, 0.1) is 0 Å². The second kappa shape index (κ2) is 10.5. The van der Waals surface area contributed by atoms with Crippen molar-refractivity contribution in [1.29, 1.82) is 0 Å². The summed E-state index contributed by atoms with van der Waals surface area (Å²) in [6.07, 6.45) is 0.551. The quantitative estimate of drug-likeness (QED) is 0.242. The number of amides is 1. The molecule has 0 saturated carbocycles. The average Bonchev–Trinajstić information content (AvgIpc) is 3.66. The summed E-state index contributed by atoms with van der Waals surface area (Å²) in [5, 5.41) is 21.5. The van der Waals surface area contributed by atoms with E-state index < -0.39 is 41.8 Å². The molecular weight excluding hydrogens is 567 g/mol. The Kier molecular flexibility index (Phi) is 7.27. The van der Waals surface area contributed by atoms with E-state index in [-0.39, 0.29) is 23.8 Å². The molecule has 0 aliphatic carbocycles. The minimum atomic E-state index is -4.60. The zero-order valence-corrected chi connectivity index (χ0v) is 22.6. The molecule has 1 atom stereocenters. The summed E-state index contributed by atoms with van der Waals surface area (Å²) < 4.78 is 55.2. The number of aromatic nitrogens is 1. The molecular formula is C22H23N9O5S3. The van der Waals surface area contributed by atoms with Gasteiger partial charge in [0.25, 0.3) is 5.91 Å². The number of anilines is 2. The summed E-state index contributed by atoms with van der Waals surface area (Å²) in [7, 11) is -8.89. The van der Waals surface area contributed by atoms with Crippen LogP contribution in [0.4, 0.5) is 10.8 Å². The number of primary amides is 1. The molecule has 1 amide bonds. The van der Waals surface area contributed by atoms with Crippen molar-refractivity contribution < 1.29 is 21.6 Å². The Balaban J connectivity index is 1.64. The molecule has 17 heteroatoms. The monoisotopic (exact) mass is 589 g/mol. The van der Waals surface area contributed by atoms with Gasteiger partial charge in [-0.15, -0.1) is 16.5 Å². The van der Waals surface area contributed by atoms with Crippen LogP contribution in [0.25, 0.3) is 11.1 Å². The molecule has 0 unspecified atom stereocenters. The number of rotatable bonds is 9. The first kappa shape index (κ1) is 27.0. The summed E-state index contributed by atoms with van der Waals surface area (Å²) in [5.74, 6) is -0.716. The van der Waals surface area contributed by atoms with Gasteiger partial charge in [0, 0.05) is 23.7 Å². The molecule has 204 valence electrons. The van der Waals surface area contributed by atoms with Crippen LogP contribution in [0.15, 0.2) is 66.8 Å². The minimum absolute atomic E-state index is 0.0460. The van der Waals surface area contributed by atoms with Crippen LogP contribution in [0.5, 0.6) is 0 Å². The topological polar surface area (TPSA) is 223 Å². The van der Waals surface area contributed by atoms with Gasteiger partial charge in [-0.2, -0.15) is 5.11 Å². The van der Waals surface area contributed by atoms with Crippen LogP contribution in [0.2, 0.25) is 0 Å². The molecule has 0 radical (unpaired) electrons. The van der Waals surface area contributed by atoms with Crippen LogP contribution in [-0.2, 0) is 20.0 Å². The van der Waals surface area contributed by atoms with E-state index in [1.165, 1.54) is 28.8 Å². The van der Waals surface area contributed by atoms with E-state index in [9.17, 15) is 21.6 Å². The fourth-order valence-electron chi connectivity index (χ4n) is 4.25. The van der Waals surface area contributed by atoms with Crippen LogP contribution >= 0.6 is 11.3 Å². The average molecular weight is 590 g/mol. The Hall–Kier alpha value is -3.61. The van der Waals surface area contributed by atoms with Crippen molar-refractivity contribution in [3.05, 3.63) is 53.0 Å². The minimum Gasteiger partial charge on any atom is -0.364 e. The molecule has 7 N–H and O–H groups in total. The summed E-state index contributed by atoms with van der Waals surface area (Å²) in [6.45, 7) is 0.997. The van der Waals surface area contributed by atoms with Gasteiger partial charge in [0.05, 0.1) is 5.56 Å². The van der Waals surface area contributed by atoms with Gasteiger partial charge in [-0.3, -0.25) is 4.79 Å². The molecule has 14 nitrogen and oxygen atoms in total. The van der Waals surface area contributed by atoms with Gasteiger partial charge in [-0.1, -0.05) is 18.2 Å². The first-order valence-electron chi connectivity index (χ1n) is 11.5. The van der Waals surface area contributed by atoms with Crippen molar-refractivity contribution in [2.24, 2.45) is 26.1 Å². The van der Waals surface area contributed by atoms with Gasteiger partial charge < -0.3 is 16.4 Å². The number of thiazole rings is 1. The van der Waals surface area contributed by atoms with Crippen LogP contribution in [-0.4, -0.2) is 59.4 Å². The lowest BCUT2D eigenvalue weighted by atomic mass is 9.98. The van der Waals surface area contributed by atoms with Gasteiger partial charge in [-0.05, 0) is 42.3 Å². The number of benzene rings is 2. The number of nitrogens with zero attached hydrogens (tertiary/aromatic N) is 4. The highest BCUT2D eigenvalue weighted by Crippen LogP contribution is 2.36. The fourth-order valence-corrected chi connectivity index (χ4v) is 7.84. The van der Waals surface area contributed by atoms with Crippen LogP contribution in [0.1, 0.15) is 22.5 Å². The zero-order chi connectivity index (χ0) is 27.8. The van der Waals surface area contributed by atoms with E-state index in [1.807, 2.05) is 0 Å². The Morgan fingerprint density at radius 2 is 1.97 bits per heavy atom. The number of sulfonamides is 2. The van der Waals surface area contributed by atoms with Gasteiger partial charge in [-0.25, -0.2) is 36.7 Å².